The van der Waals surface area contributed by atoms with Crippen LogP contribution < -0.4 is 0 Å². The normalized spacial score (nSPS) is 7.73. The summed E-state index contributed by atoms with van der Waals surface area (Å²) in [6, 6.07) is 4.46. The molecule has 1 aromatic carbocycles. The van der Waals surface area contributed by atoms with Gasteiger partial charge in [-0.25, -0.2) is 0 Å². The van der Waals surface area contributed by atoms with Crippen molar-refractivity contribution in [2.45, 2.75) is 6.92 Å². The fraction of sp³-hybridized carbons (Fsp3) is 0.143. The van der Waals surface area contributed by atoms with Crippen LogP contribution in [0.3, 0.4) is 0 Å². The first-order valence-electron chi connectivity index (χ1n) is 2.68. The predicted octanol–water partition coefficient (Wildman–Crippen LogP) is -0.243. The molecule has 0 saturated heterocycles. The van der Waals surface area contributed by atoms with Crippen LogP contribution in [0.1, 0.15) is 5.56 Å². The number of aromatic hydroxyl groups is 2. The highest BCUT2D eigenvalue weighted by Crippen LogP contribution is 2.18. The van der Waals surface area contributed by atoms with Gasteiger partial charge in [0.05, 0.1) is 0 Å². The molecule has 0 aliphatic heterocycles. The van der Waals surface area contributed by atoms with Gasteiger partial charge in [-0.1, -0.05) is 0 Å². The Bertz CT molecular complexity index is 171. The smallest absolute Gasteiger partial charge is 0.119 e. The Morgan fingerprint density at radius 3 is 1.55 bits per heavy atom. The summed E-state index contributed by atoms with van der Waals surface area (Å²) < 4.78 is 0. The minimum absolute atomic E-state index is 0. The first kappa shape index (κ1) is 12.4. The monoisotopic (exact) mass is 160 g/mol. The third-order valence-electron chi connectivity index (χ3n) is 1.05. The van der Waals surface area contributed by atoms with Crippen LogP contribution in [0.2, 0.25) is 0 Å². The highest BCUT2D eigenvalue weighted by atomic mass is 16.3. The molecule has 1 aromatic rings. The molecule has 0 bridgehead atoms. The Hall–Kier alpha value is -1.26. The second kappa shape index (κ2) is 4.54. The van der Waals surface area contributed by atoms with Crippen molar-refractivity contribution in [1.29, 1.82) is 0 Å². The summed E-state index contributed by atoms with van der Waals surface area (Å²) in [5, 5.41) is 17.7. The van der Waals surface area contributed by atoms with E-state index in [0.717, 1.165) is 5.56 Å². The molecule has 11 heavy (non-hydrogen) atoms. The van der Waals surface area contributed by atoms with Crippen molar-refractivity contribution in [3.8, 4) is 11.5 Å². The zero-order valence-electron chi connectivity index (χ0n) is 6.13. The van der Waals surface area contributed by atoms with E-state index in [0.29, 0.717) is 0 Å². The van der Waals surface area contributed by atoms with Gasteiger partial charge in [0, 0.05) is 6.07 Å². The van der Waals surface area contributed by atoms with Crippen molar-refractivity contribution in [1.82, 2.24) is 0 Å². The van der Waals surface area contributed by atoms with E-state index < -0.39 is 0 Å². The summed E-state index contributed by atoms with van der Waals surface area (Å²) in [6.07, 6.45) is 0. The van der Waals surface area contributed by atoms with Gasteiger partial charge in [-0.05, 0) is 24.6 Å². The van der Waals surface area contributed by atoms with E-state index in [1.165, 1.54) is 6.07 Å². The lowest BCUT2D eigenvalue weighted by Crippen LogP contribution is -1.70. The van der Waals surface area contributed by atoms with Crippen LogP contribution >= 0.6 is 0 Å². The van der Waals surface area contributed by atoms with Gasteiger partial charge >= 0.3 is 0 Å². The number of rotatable bonds is 0. The summed E-state index contributed by atoms with van der Waals surface area (Å²) >= 11 is 0. The molecule has 0 unspecified atom stereocenters. The maximum atomic E-state index is 8.83. The van der Waals surface area contributed by atoms with E-state index in [9.17, 15) is 0 Å². The van der Waals surface area contributed by atoms with Gasteiger partial charge in [-0.15, -0.1) is 0 Å². The van der Waals surface area contributed by atoms with Gasteiger partial charge in [0.25, 0.3) is 0 Å². The standard InChI is InChI=1S/C7H8O2.2H2O/c1-5-2-6(8)4-7(9)3-5;;/h2-4,8-9H,1H3;2*1H2. The highest BCUT2D eigenvalue weighted by Gasteiger charge is 1.91. The molecule has 0 saturated carbocycles. The van der Waals surface area contributed by atoms with Crippen molar-refractivity contribution in [2.75, 3.05) is 0 Å². The molecule has 6 N–H and O–H groups in total. The molecule has 0 aliphatic rings. The number of aryl methyl sites for hydroxylation is 1. The van der Waals surface area contributed by atoms with Crippen LogP contribution in [0.15, 0.2) is 18.2 Å². The van der Waals surface area contributed by atoms with E-state index >= 15 is 0 Å². The van der Waals surface area contributed by atoms with Crippen LogP contribution in [0.25, 0.3) is 0 Å². The molecule has 0 atom stereocenters. The molecular formula is C7H12O4. The van der Waals surface area contributed by atoms with Crippen molar-refractivity contribution in [3.05, 3.63) is 23.8 Å². The fourth-order valence-electron chi connectivity index (χ4n) is 0.743. The lowest BCUT2D eigenvalue weighted by molar-refractivity contribution is 0.450. The van der Waals surface area contributed by atoms with Gasteiger partial charge in [0.15, 0.2) is 0 Å². The van der Waals surface area contributed by atoms with Crippen LogP contribution in [-0.2, 0) is 0 Å². The first-order valence-corrected chi connectivity index (χ1v) is 2.68. The molecule has 0 fully saturated rings. The molecule has 0 aliphatic carbocycles. The summed E-state index contributed by atoms with van der Waals surface area (Å²) in [5.74, 6) is 0.208. The topological polar surface area (TPSA) is 103 Å². The number of hydrogen-bond donors (Lipinski definition) is 2. The van der Waals surface area contributed by atoms with Crippen molar-refractivity contribution < 1.29 is 21.2 Å². The molecular weight excluding hydrogens is 148 g/mol. The van der Waals surface area contributed by atoms with Gasteiger partial charge in [-0.3, -0.25) is 0 Å². The Labute approximate surface area is 64.3 Å². The van der Waals surface area contributed by atoms with Crippen molar-refractivity contribution in [3.63, 3.8) is 0 Å². The van der Waals surface area contributed by atoms with E-state index in [-0.39, 0.29) is 22.5 Å². The second-order valence-corrected chi connectivity index (χ2v) is 2.03. The Morgan fingerprint density at radius 2 is 1.27 bits per heavy atom. The quantitative estimate of drug-likeness (QED) is 0.546. The minimum atomic E-state index is 0. The molecule has 0 spiro atoms. The zero-order valence-corrected chi connectivity index (χ0v) is 6.13. The van der Waals surface area contributed by atoms with E-state index in [1.807, 2.05) is 0 Å². The number of benzene rings is 1. The molecule has 1 rings (SSSR count). The average molecular weight is 160 g/mol. The molecule has 4 heteroatoms. The fourth-order valence-corrected chi connectivity index (χ4v) is 0.743. The summed E-state index contributed by atoms with van der Waals surface area (Å²) in [5.41, 5.74) is 0.854. The lowest BCUT2D eigenvalue weighted by atomic mass is 10.2. The van der Waals surface area contributed by atoms with Gasteiger partial charge in [0.2, 0.25) is 0 Å². The van der Waals surface area contributed by atoms with Crippen LogP contribution in [-0.4, -0.2) is 21.2 Å². The molecule has 0 radical (unpaired) electrons. The predicted molar refractivity (Wildman–Crippen MR) is 41.7 cm³/mol. The maximum absolute atomic E-state index is 8.83. The van der Waals surface area contributed by atoms with Crippen molar-refractivity contribution in [2.24, 2.45) is 0 Å². The van der Waals surface area contributed by atoms with Crippen LogP contribution in [0.4, 0.5) is 0 Å². The maximum Gasteiger partial charge on any atom is 0.119 e. The molecule has 64 valence electrons. The van der Waals surface area contributed by atoms with Gasteiger partial charge in [0.1, 0.15) is 11.5 Å². The SMILES string of the molecule is Cc1cc(O)cc(O)c1.O.O. The second-order valence-electron chi connectivity index (χ2n) is 2.03. The highest BCUT2D eigenvalue weighted by molar-refractivity contribution is 5.35. The van der Waals surface area contributed by atoms with E-state index in [4.69, 9.17) is 10.2 Å². The molecule has 4 nitrogen and oxygen atoms in total. The molecule has 0 heterocycles. The van der Waals surface area contributed by atoms with E-state index in [1.54, 1.807) is 19.1 Å². The number of phenols is 2. The zero-order chi connectivity index (χ0) is 6.85. The Kier molecular flexibility index (Phi) is 5.12. The first-order chi connectivity index (χ1) is 4.18. The Balaban J connectivity index is 0. The van der Waals surface area contributed by atoms with Crippen LogP contribution in [0.5, 0.6) is 11.5 Å². The van der Waals surface area contributed by atoms with Gasteiger partial charge < -0.3 is 21.2 Å². The lowest BCUT2D eigenvalue weighted by Gasteiger charge is -1.94. The largest absolute Gasteiger partial charge is 0.508 e. The molecule has 0 amide bonds. The summed E-state index contributed by atoms with van der Waals surface area (Å²) in [4.78, 5) is 0. The summed E-state index contributed by atoms with van der Waals surface area (Å²) in [7, 11) is 0. The third-order valence-corrected chi connectivity index (χ3v) is 1.05. The summed E-state index contributed by atoms with van der Waals surface area (Å²) in [6.45, 7) is 1.80. The number of phenolic OH excluding ortho intramolecular Hbond substituents is 2. The minimum Gasteiger partial charge on any atom is -0.508 e. The van der Waals surface area contributed by atoms with Gasteiger partial charge in [-0.2, -0.15) is 0 Å². The Morgan fingerprint density at radius 1 is 0.909 bits per heavy atom. The van der Waals surface area contributed by atoms with E-state index in [2.05, 4.69) is 0 Å². The molecule has 0 aromatic heterocycles. The number of hydrogen-bond acceptors (Lipinski definition) is 2. The van der Waals surface area contributed by atoms with Crippen molar-refractivity contribution >= 4 is 0 Å². The van der Waals surface area contributed by atoms with Crippen LogP contribution in [0, 0.1) is 6.92 Å². The third kappa shape index (κ3) is 3.44. The average Bonchev–Trinajstić information content (AvgIpc) is 1.59.